The number of nitrogens with one attached hydrogen (secondary N) is 1. The van der Waals surface area contributed by atoms with Crippen molar-refractivity contribution in [3.63, 3.8) is 0 Å². The lowest BCUT2D eigenvalue weighted by molar-refractivity contribution is 0.402. The second kappa shape index (κ2) is 7.02. The Balaban J connectivity index is 1.99. The maximum Gasteiger partial charge on any atom is 0.250 e. The van der Waals surface area contributed by atoms with Crippen molar-refractivity contribution >= 4 is 37.3 Å². The summed E-state index contributed by atoms with van der Waals surface area (Å²) in [5, 5.41) is 0. The van der Waals surface area contributed by atoms with Crippen LogP contribution in [0.2, 0.25) is 0 Å². The van der Waals surface area contributed by atoms with E-state index in [0.29, 0.717) is 10.8 Å². The van der Waals surface area contributed by atoms with Gasteiger partial charge in [-0.2, -0.15) is 0 Å². The maximum atomic E-state index is 12.1. The Bertz CT molecular complexity index is 694. The Morgan fingerprint density at radius 2 is 1.71 bits per heavy atom. The van der Waals surface area contributed by atoms with Crippen LogP contribution in [-0.2, 0) is 23.1 Å². The minimum absolute atomic E-state index is 0.292. The molecule has 21 heavy (non-hydrogen) atoms. The quantitative estimate of drug-likeness (QED) is 0.826. The van der Waals surface area contributed by atoms with E-state index in [9.17, 15) is 8.42 Å². The van der Waals surface area contributed by atoms with Gasteiger partial charge in [-0.15, -0.1) is 11.3 Å². The van der Waals surface area contributed by atoms with E-state index >= 15 is 0 Å². The Kier molecular flexibility index (Phi) is 5.56. The Labute approximate surface area is 138 Å². The normalized spacial score (nSPS) is 12.0. The monoisotopic (exact) mass is 388 g/mol. The third-order valence-electron chi connectivity index (χ3n) is 2.80. The van der Waals surface area contributed by atoms with Crippen molar-refractivity contribution in [3.05, 3.63) is 51.3 Å². The Morgan fingerprint density at radius 3 is 2.24 bits per heavy atom. The van der Waals surface area contributed by atoms with Crippen LogP contribution < -0.4 is 4.72 Å². The molecule has 7 heteroatoms. The molecule has 0 saturated carbocycles. The Morgan fingerprint density at radius 1 is 1.10 bits per heavy atom. The number of halogens is 1. The molecule has 0 radical (unpaired) electrons. The van der Waals surface area contributed by atoms with Gasteiger partial charge in [0.1, 0.15) is 4.21 Å². The second-order valence-electron chi connectivity index (χ2n) is 4.94. The first kappa shape index (κ1) is 16.6. The van der Waals surface area contributed by atoms with E-state index in [2.05, 4.69) is 25.6 Å². The molecule has 0 aliphatic carbocycles. The van der Waals surface area contributed by atoms with Gasteiger partial charge in [0.2, 0.25) is 10.0 Å². The van der Waals surface area contributed by atoms with Gasteiger partial charge in [0.15, 0.2) is 0 Å². The molecule has 0 bridgehead atoms. The van der Waals surface area contributed by atoms with Crippen LogP contribution in [0.5, 0.6) is 0 Å². The van der Waals surface area contributed by atoms with Crippen molar-refractivity contribution in [2.24, 2.45) is 0 Å². The van der Waals surface area contributed by atoms with Crippen molar-refractivity contribution in [2.45, 2.75) is 17.3 Å². The first-order valence-electron chi connectivity index (χ1n) is 6.34. The maximum absolute atomic E-state index is 12.1. The molecule has 1 N–H and O–H groups in total. The zero-order chi connectivity index (χ0) is 15.5. The molecule has 2 aromatic rings. The summed E-state index contributed by atoms with van der Waals surface area (Å²) in [6.45, 7) is 1.16. The zero-order valence-corrected chi connectivity index (χ0v) is 15.1. The van der Waals surface area contributed by atoms with E-state index in [1.54, 1.807) is 12.1 Å². The van der Waals surface area contributed by atoms with E-state index in [4.69, 9.17) is 0 Å². The molecule has 0 spiro atoms. The number of rotatable bonds is 6. The average Bonchev–Trinajstić information content (AvgIpc) is 2.85. The van der Waals surface area contributed by atoms with Gasteiger partial charge in [-0.05, 0) is 53.3 Å². The highest BCUT2D eigenvalue weighted by Gasteiger charge is 2.15. The molecule has 1 aromatic heterocycles. The molecule has 0 saturated heterocycles. The topological polar surface area (TPSA) is 49.4 Å². The van der Waals surface area contributed by atoms with Gasteiger partial charge in [0, 0.05) is 13.1 Å². The standard InChI is InChI=1S/C14H17BrN2O2S2/c1-17(2)10-12-5-3-11(4-6-12)9-16-21(18,19)14-8-7-13(15)20-14/h3-8,16H,9-10H2,1-2H3. The van der Waals surface area contributed by atoms with E-state index in [1.165, 1.54) is 16.9 Å². The number of nitrogens with zero attached hydrogens (tertiary/aromatic N) is 1. The molecular formula is C14H17BrN2O2S2. The molecule has 0 unspecified atom stereocenters. The summed E-state index contributed by atoms with van der Waals surface area (Å²) < 4.78 is 27.9. The summed E-state index contributed by atoms with van der Waals surface area (Å²) >= 11 is 4.47. The predicted octanol–water partition coefficient (Wildman–Crippen LogP) is 3.05. The number of benzene rings is 1. The largest absolute Gasteiger partial charge is 0.305 e. The molecule has 4 nitrogen and oxygen atoms in total. The summed E-state index contributed by atoms with van der Waals surface area (Å²) in [4.78, 5) is 2.09. The molecule has 2 rings (SSSR count). The first-order chi connectivity index (χ1) is 9.87. The van der Waals surface area contributed by atoms with E-state index in [0.717, 1.165) is 15.9 Å². The lowest BCUT2D eigenvalue weighted by Crippen LogP contribution is -2.22. The lowest BCUT2D eigenvalue weighted by atomic mass is 10.1. The van der Waals surface area contributed by atoms with Gasteiger partial charge in [-0.1, -0.05) is 24.3 Å². The van der Waals surface area contributed by atoms with Crippen molar-refractivity contribution in [1.82, 2.24) is 9.62 Å². The van der Waals surface area contributed by atoms with Crippen LogP contribution >= 0.6 is 27.3 Å². The fourth-order valence-electron chi connectivity index (χ4n) is 1.82. The number of sulfonamides is 1. The lowest BCUT2D eigenvalue weighted by Gasteiger charge is -2.10. The summed E-state index contributed by atoms with van der Waals surface area (Å²) in [6, 6.07) is 11.3. The van der Waals surface area contributed by atoms with Crippen LogP contribution in [-0.4, -0.2) is 27.4 Å². The highest BCUT2D eigenvalue weighted by molar-refractivity contribution is 9.11. The average molecular weight is 389 g/mol. The van der Waals surface area contributed by atoms with Crippen LogP contribution in [0.3, 0.4) is 0 Å². The first-order valence-corrected chi connectivity index (χ1v) is 9.43. The molecular weight excluding hydrogens is 372 g/mol. The molecule has 0 aliphatic heterocycles. The summed E-state index contributed by atoms with van der Waals surface area (Å²) in [5.41, 5.74) is 2.14. The predicted molar refractivity (Wildman–Crippen MR) is 89.9 cm³/mol. The van der Waals surface area contributed by atoms with Crippen LogP contribution in [0.15, 0.2) is 44.4 Å². The van der Waals surface area contributed by atoms with Crippen molar-refractivity contribution in [3.8, 4) is 0 Å². The van der Waals surface area contributed by atoms with Crippen LogP contribution in [0.4, 0.5) is 0 Å². The van der Waals surface area contributed by atoms with Crippen molar-refractivity contribution in [2.75, 3.05) is 14.1 Å². The fourth-order valence-corrected chi connectivity index (χ4v) is 4.89. The SMILES string of the molecule is CN(C)Cc1ccc(CNS(=O)(=O)c2ccc(Br)s2)cc1. The molecule has 1 aromatic carbocycles. The molecule has 0 fully saturated rings. The van der Waals surface area contributed by atoms with Gasteiger partial charge in [-0.3, -0.25) is 0 Å². The summed E-state index contributed by atoms with van der Waals surface area (Å²) in [6.07, 6.45) is 0. The minimum atomic E-state index is -3.44. The molecule has 0 atom stereocenters. The van der Waals surface area contributed by atoms with Crippen LogP contribution in [0.1, 0.15) is 11.1 Å². The minimum Gasteiger partial charge on any atom is -0.305 e. The highest BCUT2D eigenvalue weighted by Crippen LogP contribution is 2.25. The van der Waals surface area contributed by atoms with Gasteiger partial charge < -0.3 is 4.90 Å². The van der Waals surface area contributed by atoms with Gasteiger partial charge >= 0.3 is 0 Å². The van der Waals surface area contributed by atoms with Gasteiger partial charge in [0.25, 0.3) is 0 Å². The molecule has 114 valence electrons. The molecule has 0 amide bonds. The number of thiophene rings is 1. The highest BCUT2D eigenvalue weighted by atomic mass is 79.9. The second-order valence-corrected chi connectivity index (χ2v) is 9.39. The fraction of sp³-hybridized carbons (Fsp3) is 0.286. The number of hydrogen-bond donors (Lipinski definition) is 1. The molecule has 0 aliphatic rings. The van der Waals surface area contributed by atoms with Crippen LogP contribution in [0, 0.1) is 0 Å². The molecule has 1 heterocycles. The van der Waals surface area contributed by atoms with E-state index in [-0.39, 0.29) is 0 Å². The third-order valence-corrected chi connectivity index (χ3v) is 6.32. The Hall–Kier alpha value is -0.730. The number of hydrogen-bond acceptors (Lipinski definition) is 4. The van der Waals surface area contributed by atoms with E-state index in [1.807, 2.05) is 38.4 Å². The van der Waals surface area contributed by atoms with E-state index < -0.39 is 10.0 Å². The summed E-state index contributed by atoms with van der Waals surface area (Å²) in [7, 11) is 0.594. The zero-order valence-electron chi connectivity index (χ0n) is 11.8. The van der Waals surface area contributed by atoms with Crippen LogP contribution in [0.25, 0.3) is 0 Å². The van der Waals surface area contributed by atoms with Gasteiger partial charge in [0.05, 0.1) is 3.79 Å². The van der Waals surface area contributed by atoms with Crippen molar-refractivity contribution < 1.29 is 8.42 Å². The smallest absolute Gasteiger partial charge is 0.250 e. The summed E-state index contributed by atoms with van der Waals surface area (Å²) in [5.74, 6) is 0. The third kappa shape index (κ3) is 4.89. The van der Waals surface area contributed by atoms with Gasteiger partial charge in [-0.25, -0.2) is 13.1 Å². The van der Waals surface area contributed by atoms with Crippen molar-refractivity contribution in [1.29, 1.82) is 0 Å².